The molecule has 8 nitrogen and oxygen atoms in total. The van der Waals surface area contributed by atoms with Crippen LogP contribution in [0.5, 0.6) is 28.7 Å². The van der Waals surface area contributed by atoms with Crippen molar-refractivity contribution in [1.29, 1.82) is 0 Å². The number of nitrogens with one attached hydrogen (secondary N) is 1. The summed E-state index contributed by atoms with van der Waals surface area (Å²) in [5, 5.41) is 13.1. The van der Waals surface area contributed by atoms with Crippen molar-refractivity contribution in [3.05, 3.63) is 112 Å². The molecular formula is C34H30F2N2O6. The summed E-state index contributed by atoms with van der Waals surface area (Å²) in [5.74, 6) is -0.488. The molecule has 1 atom stereocenters. The molecule has 4 aromatic carbocycles. The van der Waals surface area contributed by atoms with Crippen LogP contribution in [0.25, 0.3) is 0 Å². The fourth-order valence-corrected chi connectivity index (χ4v) is 5.71. The molecule has 0 spiro atoms. The molecule has 1 unspecified atom stereocenters. The number of fused-ring (bicyclic) bond motifs is 6. The topological polar surface area (TPSA) is 97.3 Å². The Morgan fingerprint density at radius 3 is 2.59 bits per heavy atom. The van der Waals surface area contributed by atoms with Crippen molar-refractivity contribution in [3.63, 3.8) is 0 Å². The van der Waals surface area contributed by atoms with Crippen LogP contribution in [0.3, 0.4) is 0 Å². The first kappa shape index (κ1) is 29.0. The number of halogens is 2. The zero-order valence-electron chi connectivity index (χ0n) is 23.9. The lowest BCUT2D eigenvalue weighted by Gasteiger charge is -2.38. The van der Waals surface area contributed by atoms with Gasteiger partial charge in [-0.1, -0.05) is 12.1 Å². The minimum atomic E-state index is -0.738. The molecule has 3 heterocycles. The van der Waals surface area contributed by atoms with E-state index in [1.807, 2.05) is 24.3 Å². The van der Waals surface area contributed by atoms with Crippen LogP contribution >= 0.6 is 0 Å². The lowest BCUT2D eigenvalue weighted by Crippen LogP contribution is -2.41. The number of phenols is 1. The number of methoxy groups -OCH3 is 1. The lowest BCUT2D eigenvalue weighted by molar-refractivity contribution is -0.132. The molecular weight excluding hydrogens is 570 g/mol. The Hall–Kier alpha value is -5.12. The quantitative estimate of drug-likeness (QED) is 0.313. The minimum Gasteiger partial charge on any atom is -0.507 e. The average Bonchev–Trinajstić information content (AvgIpc) is 3.00. The van der Waals surface area contributed by atoms with Gasteiger partial charge in [0.1, 0.15) is 28.9 Å². The maximum absolute atomic E-state index is 13.9. The zero-order chi connectivity index (χ0) is 30.8. The minimum absolute atomic E-state index is 0.0873. The fraction of sp³-hybridized carbons (Fsp3) is 0.235. The number of carbonyl (C=O) groups excluding carboxylic acids is 2. The maximum atomic E-state index is 13.9. The number of rotatable bonds is 3. The highest BCUT2D eigenvalue weighted by Gasteiger charge is 2.33. The van der Waals surface area contributed by atoms with E-state index in [0.717, 1.165) is 22.8 Å². The molecule has 3 aliphatic heterocycles. The number of hydrogen-bond acceptors (Lipinski definition) is 6. The SMILES string of the molecule is COc1ccc2cc1OCCCNC(=O)c1cc(ccc1O)Oc1ccc3c(c1)CCN(C(=O)Cc1cc(F)cc(F)c1)C23. The van der Waals surface area contributed by atoms with Crippen molar-refractivity contribution < 1.29 is 37.7 Å². The van der Waals surface area contributed by atoms with Crippen molar-refractivity contribution in [2.24, 2.45) is 0 Å². The summed E-state index contributed by atoms with van der Waals surface area (Å²) in [6.07, 6.45) is 0.810. The largest absolute Gasteiger partial charge is 0.507 e. The Bertz CT molecular complexity index is 1720. The van der Waals surface area contributed by atoms with Gasteiger partial charge < -0.3 is 29.5 Å². The molecule has 0 fully saturated rings. The second kappa shape index (κ2) is 12.2. The number of amides is 2. The third-order valence-corrected chi connectivity index (χ3v) is 7.76. The van der Waals surface area contributed by atoms with Gasteiger partial charge in [0.15, 0.2) is 11.5 Å². The molecule has 0 aromatic heterocycles. The monoisotopic (exact) mass is 600 g/mol. The Kier molecular flexibility index (Phi) is 8.06. The molecule has 0 radical (unpaired) electrons. The molecule has 2 amide bonds. The molecule has 2 N–H and O–H groups in total. The third kappa shape index (κ3) is 6.01. The van der Waals surface area contributed by atoms with E-state index in [2.05, 4.69) is 5.32 Å². The highest BCUT2D eigenvalue weighted by Crippen LogP contribution is 2.41. The van der Waals surface area contributed by atoms with Gasteiger partial charge in [-0.3, -0.25) is 9.59 Å². The molecule has 8 bridgehead atoms. The van der Waals surface area contributed by atoms with E-state index in [1.54, 1.807) is 23.1 Å². The summed E-state index contributed by atoms with van der Waals surface area (Å²) in [6.45, 7) is 0.901. The van der Waals surface area contributed by atoms with Gasteiger partial charge in [-0.05, 0) is 89.7 Å². The molecule has 0 saturated heterocycles. The number of phenolic OH excluding ortho intramolecular Hbond substituents is 1. The Morgan fingerprint density at radius 2 is 1.80 bits per heavy atom. The summed E-state index contributed by atoms with van der Waals surface area (Å²) in [5.41, 5.74) is 2.92. The van der Waals surface area contributed by atoms with Crippen molar-refractivity contribution in [2.75, 3.05) is 26.8 Å². The van der Waals surface area contributed by atoms with Crippen LogP contribution in [0.4, 0.5) is 8.78 Å². The van der Waals surface area contributed by atoms with Crippen LogP contribution in [-0.4, -0.2) is 48.6 Å². The second-order valence-corrected chi connectivity index (χ2v) is 10.7. The molecule has 44 heavy (non-hydrogen) atoms. The number of nitrogens with zero attached hydrogens (tertiary/aromatic N) is 1. The fourth-order valence-electron chi connectivity index (χ4n) is 5.71. The van der Waals surface area contributed by atoms with Gasteiger partial charge in [-0.25, -0.2) is 8.78 Å². The lowest BCUT2D eigenvalue weighted by atomic mass is 9.87. The van der Waals surface area contributed by atoms with E-state index in [1.165, 1.54) is 31.4 Å². The zero-order valence-corrected chi connectivity index (χ0v) is 23.9. The van der Waals surface area contributed by atoms with Gasteiger partial charge >= 0.3 is 0 Å². The third-order valence-electron chi connectivity index (χ3n) is 7.76. The van der Waals surface area contributed by atoms with E-state index in [4.69, 9.17) is 14.2 Å². The Labute approximate surface area is 252 Å². The van der Waals surface area contributed by atoms with Crippen molar-refractivity contribution in [1.82, 2.24) is 10.2 Å². The van der Waals surface area contributed by atoms with Crippen molar-refractivity contribution in [2.45, 2.75) is 25.3 Å². The highest BCUT2D eigenvalue weighted by molar-refractivity contribution is 5.97. The van der Waals surface area contributed by atoms with Crippen LogP contribution in [0.1, 0.15) is 45.1 Å². The van der Waals surface area contributed by atoms with Gasteiger partial charge in [0.25, 0.3) is 5.91 Å². The number of ether oxygens (including phenoxy) is 3. The standard InChI is InChI=1S/C34H30F2N2O6/c1-42-30-8-3-22-17-31(30)43-12-2-10-37-34(41)28-19-26(5-7-29(28)39)44-25-4-6-27-21(16-25)9-11-38(33(22)27)32(40)15-20-13-23(35)18-24(36)14-20/h3-8,13-14,16-19,33,39H,2,9-12,15H2,1H3,(H,37,41). The first-order valence-corrected chi connectivity index (χ1v) is 14.3. The maximum Gasteiger partial charge on any atom is 0.255 e. The Balaban J connectivity index is 1.42. The summed E-state index contributed by atoms with van der Waals surface area (Å²) >= 11 is 0. The Morgan fingerprint density at radius 1 is 1.02 bits per heavy atom. The van der Waals surface area contributed by atoms with E-state index < -0.39 is 23.6 Å². The summed E-state index contributed by atoms with van der Waals surface area (Å²) < 4.78 is 45.5. The molecule has 3 aliphatic rings. The van der Waals surface area contributed by atoms with Gasteiger partial charge in [-0.2, -0.15) is 0 Å². The normalized spacial score (nSPS) is 16.2. The molecule has 7 rings (SSSR count). The summed E-state index contributed by atoms with van der Waals surface area (Å²) in [7, 11) is 1.53. The van der Waals surface area contributed by atoms with Crippen LogP contribution < -0.4 is 19.5 Å². The smallest absolute Gasteiger partial charge is 0.255 e. The van der Waals surface area contributed by atoms with E-state index >= 15 is 0 Å². The number of aromatic hydroxyl groups is 1. The predicted octanol–water partition coefficient (Wildman–Crippen LogP) is 5.70. The van der Waals surface area contributed by atoms with E-state index in [9.17, 15) is 23.5 Å². The van der Waals surface area contributed by atoms with E-state index in [0.29, 0.717) is 48.9 Å². The van der Waals surface area contributed by atoms with Gasteiger partial charge in [0, 0.05) is 19.2 Å². The summed E-state index contributed by atoms with van der Waals surface area (Å²) in [4.78, 5) is 28.2. The first-order chi connectivity index (χ1) is 21.3. The first-order valence-electron chi connectivity index (χ1n) is 14.3. The number of carbonyl (C=O) groups is 2. The van der Waals surface area contributed by atoms with Crippen molar-refractivity contribution in [3.8, 4) is 28.7 Å². The number of benzene rings is 4. The van der Waals surface area contributed by atoms with Crippen LogP contribution in [-0.2, 0) is 17.6 Å². The number of hydrogen-bond donors (Lipinski definition) is 2. The predicted molar refractivity (Wildman–Crippen MR) is 157 cm³/mol. The van der Waals surface area contributed by atoms with Crippen LogP contribution in [0, 0.1) is 11.6 Å². The van der Waals surface area contributed by atoms with Crippen LogP contribution in [0.2, 0.25) is 0 Å². The molecule has 0 aliphatic carbocycles. The van der Waals surface area contributed by atoms with Gasteiger partial charge in [0.05, 0.1) is 31.7 Å². The molecule has 0 saturated carbocycles. The molecule has 10 heteroatoms. The summed E-state index contributed by atoms with van der Waals surface area (Å²) in [6, 6.07) is 18.1. The second-order valence-electron chi connectivity index (χ2n) is 10.7. The van der Waals surface area contributed by atoms with E-state index in [-0.39, 0.29) is 35.8 Å². The molecule has 226 valence electrons. The van der Waals surface area contributed by atoms with Gasteiger partial charge in [0.2, 0.25) is 5.91 Å². The van der Waals surface area contributed by atoms with Crippen LogP contribution in [0.15, 0.2) is 72.8 Å². The van der Waals surface area contributed by atoms with Crippen molar-refractivity contribution >= 4 is 11.8 Å². The average molecular weight is 601 g/mol. The van der Waals surface area contributed by atoms with Gasteiger partial charge in [-0.15, -0.1) is 0 Å². The highest BCUT2D eigenvalue weighted by atomic mass is 19.1. The molecule has 4 aromatic rings.